The zero-order valence-electron chi connectivity index (χ0n) is 17.5. The summed E-state index contributed by atoms with van der Waals surface area (Å²) < 4.78 is 12.5. The van der Waals surface area contributed by atoms with Crippen LogP contribution in [0.4, 0.5) is 0 Å². The first kappa shape index (κ1) is 19.0. The van der Waals surface area contributed by atoms with Gasteiger partial charge in [-0.15, -0.1) is 0 Å². The molecule has 2 fully saturated rings. The van der Waals surface area contributed by atoms with Crippen molar-refractivity contribution in [3.8, 4) is 5.75 Å². The number of aliphatic hydroxyl groups is 1. The number of aliphatic hydroxyl groups excluding tert-OH is 1. The second-order valence-electron chi connectivity index (χ2n) is 9.45. The average molecular weight is 398 g/mol. The van der Waals surface area contributed by atoms with Gasteiger partial charge < -0.3 is 19.2 Å². The Bertz CT molecular complexity index is 932. The average Bonchev–Trinajstić information content (AvgIpc) is 3.05. The lowest BCUT2D eigenvalue weighted by Crippen LogP contribution is -2.42. The third-order valence-corrected chi connectivity index (χ3v) is 7.35. The minimum Gasteiger partial charge on any atom is -0.487 e. The molecule has 5 heteroatoms. The molecule has 1 aromatic heterocycles. The summed E-state index contributed by atoms with van der Waals surface area (Å²) in [4.78, 5) is 15.0. The van der Waals surface area contributed by atoms with Crippen molar-refractivity contribution in [2.45, 2.75) is 76.9 Å². The number of benzene rings is 1. The van der Waals surface area contributed by atoms with Crippen LogP contribution in [-0.2, 0) is 0 Å². The molecule has 2 aliphatic heterocycles. The monoisotopic (exact) mass is 397 g/mol. The number of furan rings is 1. The molecule has 1 aromatic carbocycles. The Morgan fingerprint density at radius 3 is 2.62 bits per heavy atom. The van der Waals surface area contributed by atoms with Gasteiger partial charge in [-0.1, -0.05) is 13.3 Å². The number of amides is 1. The van der Waals surface area contributed by atoms with E-state index in [1.54, 1.807) is 0 Å². The van der Waals surface area contributed by atoms with E-state index in [1.807, 2.05) is 24.0 Å². The molecule has 156 valence electrons. The van der Waals surface area contributed by atoms with Gasteiger partial charge in [0.05, 0.1) is 6.10 Å². The van der Waals surface area contributed by atoms with Gasteiger partial charge in [0.15, 0.2) is 5.76 Å². The van der Waals surface area contributed by atoms with Crippen molar-refractivity contribution in [2.24, 2.45) is 5.92 Å². The fourth-order valence-electron chi connectivity index (χ4n) is 5.56. The van der Waals surface area contributed by atoms with Crippen LogP contribution >= 0.6 is 0 Å². The molecule has 3 aliphatic rings. The van der Waals surface area contributed by atoms with E-state index in [1.165, 1.54) is 6.42 Å². The number of likely N-dealkylation sites (tertiary alicyclic amines) is 1. The first-order chi connectivity index (χ1) is 14.0. The van der Waals surface area contributed by atoms with Crippen LogP contribution in [0.1, 0.15) is 86.1 Å². The normalized spacial score (nSPS) is 24.5. The van der Waals surface area contributed by atoms with Crippen molar-refractivity contribution in [1.82, 2.24) is 4.90 Å². The summed E-state index contributed by atoms with van der Waals surface area (Å²) in [6.45, 7) is 5.73. The predicted molar refractivity (Wildman–Crippen MR) is 111 cm³/mol. The molecule has 1 saturated heterocycles. The highest BCUT2D eigenvalue weighted by molar-refractivity contribution is 6.00. The summed E-state index contributed by atoms with van der Waals surface area (Å²) in [5.74, 6) is 1.80. The van der Waals surface area contributed by atoms with Crippen molar-refractivity contribution < 1.29 is 19.1 Å². The summed E-state index contributed by atoms with van der Waals surface area (Å²) in [7, 11) is 0. The molecule has 1 N–H and O–H groups in total. The Morgan fingerprint density at radius 2 is 1.90 bits per heavy atom. The molecule has 1 amide bonds. The standard InChI is InChI=1S/C24H31NO4/c1-15-8-12-25(13-9-15)23(27)22-16(2)20-18(28-22)6-7-19-21(20)17(26)14-24(29-19)10-4-3-5-11-24/h6-7,15,17,26H,3-5,8-14H2,1-2H3/t17-/m1/s1. The van der Waals surface area contributed by atoms with Crippen molar-refractivity contribution in [2.75, 3.05) is 13.1 Å². The smallest absolute Gasteiger partial charge is 0.289 e. The third-order valence-electron chi connectivity index (χ3n) is 7.35. The van der Waals surface area contributed by atoms with Crippen LogP contribution in [0.25, 0.3) is 11.0 Å². The second kappa shape index (κ2) is 7.05. The quantitative estimate of drug-likeness (QED) is 0.724. The molecule has 1 atom stereocenters. The molecular formula is C24H31NO4. The second-order valence-corrected chi connectivity index (χ2v) is 9.45. The number of hydrogen-bond acceptors (Lipinski definition) is 4. The van der Waals surface area contributed by atoms with Crippen LogP contribution in [-0.4, -0.2) is 34.6 Å². The molecular weight excluding hydrogens is 366 g/mol. The van der Waals surface area contributed by atoms with Crippen LogP contribution in [0, 0.1) is 12.8 Å². The van der Waals surface area contributed by atoms with Gasteiger partial charge in [-0.2, -0.15) is 0 Å². The fraction of sp³-hybridized carbons (Fsp3) is 0.625. The minimum atomic E-state index is -0.587. The van der Waals surface area contributed by atoms with Gasteiger partial charge in [-0.25, -0.2) is 0 Å². The van der Waals surface area contributed by atoms with Crippen molar-refractivity contribution in [1.29, 1.82) is 0 Å². The van der Waals surface area contributed by atoms with Gasteiger partial charge >= 0.3 is 0 Å². The summed E-state index contributed by atoms with van der Waals surface area (Å²) in [6, 6.07) is 3.81. The number of carbonyl (C=O) groups excluding carboxylic acids is 1. The van der Waals surface area contributed by atoms with Gasteiger partial charge in [0.2, 0.25) is 0 Å². The number of piperidine rings is 1. The molecule has 29 heavy (non-hydrogen) atoms. The molecule has 5 rings (SSSR count). The Hall–Kier alpha value is -2.01. The molecule has 1 aliphatic carbocycles. The first-order valence-electron chi connectivity index (χ1n) is 11.2. The molecule has 0 unspecified atom stereocenters. The topological polar surface area (TPSA) is 62.9 Å². The zero-order valence-corrected chi connectivity index (χ0v) is 17.5. The van der Waals surface area contributed by atoms with E-state index < -0.39 is 6.10 Å². The van der Waals surface area contributed by atoms with Crippen molar-refractivity contribution >= 4 is 16.9 Å². The maximum absolute atomic E-state index is 13.1. The molecule has 3 heterocycles. The summed E-state index contributed by atoms with van der Waals surface area (Å²) in [6.07, 6.45) is 7.67. The Kier molecular flexibility index (Phi) is 4.61. The van der Waals surface area contributed by atoms with Gasteiger partial charge in [0, 0.05) is 36.0 Å². The highest BCUT2D eigenvalue weighted by atomic mass is 16.5. The number of aryl methyl sites for hydroxylation is 1. The number of fused-ring (bicyclic) bond motifs is 3. The van der Waals surface area contributed by atoms with Crippen LogP contribution in [0.3, 0.4) is 0 Å². The van der Waals surface area contributed by atoms with Gasteiger partial charge in [-0.05, 0) is 63.5 Å². The fourth-order valence-corrected chi connectivity index (χ4v) is 5.56. The van der Waals surface area contributed by atoms with Crippen LogP contribution in [0.2, 0.25) is 0 Å². The summed E-state index contributed by atoms with van der Waals surface area (Å²) in [5, 5.41) is 12.0. The minimum absolute atomic E-state index is 0.0330. The first-order valence-corrected chi connectivity index (χ1v) is 11.2. The molecule has 2 aromatic rings. The highest BCUT2D eigenvalue weighted by Crippen LogP contribution is 2.49. The number of carbonyl (C=O) groups is 1. The van der Waals surface area contributed by atoms with Crippen LogP contribution < -0.4 is 4.74 Å². The summed E-state index contributed by atoms with van der Waals surface area (Å²) in [5.41, 5.74) is 2.05. The van der Waals surface area contributed by atoms with E-state index in [4.69, 9.17) is 9.15 Å². The molecule has 1 spiro atoms. The molecule has 0 radical (unpaired) electrons. The highest BCUT2D eigenvalue weighted by Gasteiger charge is 2.42. The molecule has 0 bridgehead atoms. The van der Waals surface area contributed by atoms with E-state index in [2.05, 4.69) is 6.92 Å². The molecule has 1 saturated carbocycles. The maximum Gasteiger partial charge on any atom is 0.289 e. The van der Waals surface area contributed by atoms with Crippen molar-refractivity contribution in [3.05, 3.63) is 29.0 Å². The lowest BCUT2D eigenvalue weighted by Gasteiger charge is -2.43. The van der Waals surface area contributed by atoms with Crippen LogP contribution in [0.5, 0.6) is 5.75 Å². The SMILES string of the molecule is Cc1c(C(=O)N2CCC(C)CC2)oc2ccc3c(c12)[C@H](O)CC1(CCCCC1)O3. The number of hydrogen-bond donors (Lipinski definition) is 1. The van der Waals surface area contributed by atoms with Crippen LogP contribution in [0.15, 0.2) is 16.5 Å². The van der Waals surface area contributed by atoms with E-state index >= 15 is 0 Å². The molecule has 5 nitrogen and oxygen atoms in total. The number of nitrogens with zero attached hydrogens (tertiary/aromatic N) is 1. The third kappa shape index (κ3) is 3.14. The van der Waals surface area contributed by atoms with E-state index in [-0.39, 0.29) is 11.5 Å². The maximum atomic E-state index is 13.1. The van der Waals surface area contributed by atoms with E-state index in [0.29, 0.717) is 23.7 Å². The van der Waals surface area contributed by atoms with Gasteiger partial charge in [-0.3, -0.25) is 4.79 Å². The van der Waals surface area contributed by atoms with E-state index in [9.17, 15) is 9.90 Å². The predicted octanol–water partition coefficient (Wildman–Crippen LogP) is 5.13. The van der Waals surface area contributed by atoms with Gasteiger partial charge in [0.25, 0.3) is 5.91 Å². The largest absolute Gasteiger partial charge is 0.487 e. The number of ether oxygens (including phenoxy) is 1. The van der Waals surface area contributed by atoms with Crippen molar-refractivity contribution in [3.63, 3.8) is 0 Å². The zero-order chi connectivity index (χ0) is 20.2. The lowest BCUT2D eigenvalue weighted by molar-refractivity contribution is -0.0373. The Labute approximate surface area is 172 Å². The van der Waals surface area contributed by atoms with Gasteiger partial charge in [0.1, 0.15) is 16.9 Å². The Morgan fingerprint density at radius 1 is 1.17 bits per heavy atom. The summed E-state index contributed by atoms with van der Waals surface area (Å²) >= 11 is 0. The number of rotatable bonds is 1. The lowest BCUT2D eigenvalue weighted by atomic mass is 9.77. The van der Waals surface area contributed by atoms with E-state index in [0.717, 1.165) is 73.9 Å². The Balaban J connectivity index is 1.52.